The second kappa shape index (κ2) is 6.50. The van der Waals surface area contributed by atoms with Crippen LogP contribution in [0.1, 0.15) is 32.1 Å². The zero-order chi connectivity index (χ0) is 17.4. The molecule has 0 bridgehead atoms. The second-order valence-electron chi connectivity index (χ2n) is 7.09. The number of nitrogens with zero attached hydrogens (tertiary/aromatic N) is 1. The van der Waals surface area contributed by atoms with E-state index in [0.29, 0.717) is 29.2 Å². The number of benzene rings is 1. The maximum absolute atomic E-state index is 12.4. The lowest BCUT2D eigenvalue weighted by Crippen LogP contribution is -2.35. The van der Waals surface area contributed by atoms with E-state index in [9.17, 15) is 14.4 Å². The Balaban J connectivity index is 1.35. The van der Waals surface area contributed by atoms with Gasteiger partial charge in [-0.3, -0.25) is 14.2 Å². The summed E-state index contributed by atoms with van der Waals surface area (Å²) in [7, 11) is 0. The van der Waals surface area contributed by atoms with Crippen molar-refractivity contribution >= 4 is 16.9 Å². The largest absolute Gasteiger partial charge is 0.465 e. The summed E-state index contributed by atoms with van der Waals surface area (Å²) in [5, 5.41) is 0.487. The predicted octanol–water partition coefficient (Wildman–Crippen LogP) is 2.06. The molecule has 0 radical (unpaired) electrons. The molecule has 6 nitrogen and oxygen atoms in total. The number of nitrogens with one attached hydrogen (secondary N) is 1. The van der Waals surface area contributed by atoms with Gasteiger partial charge in [-0.2, -0.15) is 0 Å². The Kier molecular flexibility index (Phi) is 4.19. The molecule has 0 aliphatic heterocycles. The van der Waals surface area contributed by atoms with Gasteiger partial charge < -0.3 is 9.72 Å². The quantitative estimate of drug-likeness (QED) is 0.666. The van der Waals surface area contributed by atoms with Crippen molar-refractivity contribution in [2.24, 2.45) is 17.8 Å². The monoisotopic (exact) mass is 342 g/mol. The lowest BCUT2D eigenvalue weighted by Gasteiger charge is -2.07. The summed E-state index contributed by atoms with van der Waals surface area (Å²) in [4.78, 5) is 39.3. The first kappa shape index (κ1) is 16.1. The van der Waals surface area contributed by atoms with Crippen molar-refractivity contribution in [3.8, 4) is 0 Å². The van der Waals surface area contributed by atoms with E-state index in [1.54, 1.807) is 24.3 Å². The molecule has 132 valence electrons. The number of fused-ring (bicyclic) bond motifs is 2. The Bertz CT molecular complexity index is 902. The van der Waals surface area contributed by atoms with Crippen LogP contribution in [0, 0.1) is 17.8 Å². The average Bonchev–Trinajstić information content (AvgIpc) is 3.35. The molecule has 1 unspecified atom stereocenters. The van der Waals surface area contributed by atoms with E-state index in [0.717, 1.165) is 12.8 Å². The van der Waals surface area contributed by atoms with Gasteiger partial charge in [0.05, 0.1) is 23.4 Å². The van der Waals surface area contributed by atoms with Crippen LogP contribution in [0.5, 0.6) is 0 Å². The number of hydrogen-bond acceptors (Lipinski definition) is 4. The molecule has 0 saturated heterocycles. The predicted molar refractivity (Wildman–Crippen MR) is 93.3 cm³/mol. The first-order valence-electron chi connectivity index (χ1n) is 9.05. The van der Waals surface area contributed by atoms with Crippen LogP contribution in [-0.4, -0.2) is 22.1 Å². The summed E-state index contributed by atoms with van der Waals surface area (Å²) >= 11 is 0. The number of rotatable bonds is 5. The highest BCUT2D eigenvalue weighted by molar-refractivity contribution is 5.77. The van der Waals surface area contributed by atoms with E-state index in [2.05, 4.69) is 4.98 Å². The Morgan fingerprint density at radius 3 is 2.64 bits per heavy atom. The van der Waals surface area contributed by atoms with Gasteiger partial charge in [-0.25, -0.2) is 4.79 Å². The highest BCUT2D eigenvalue weighted by Crippen LogP contribution is 2.55. The van der Waals surface area contributed by atoms with Gasteiger partial charge in [0.15, 0.2) is 0 Å². The molecule has 6 heteroatoms. The molecule has 1 N–H and O–H groups in total. The van der Waals surface area contributed by atoms with Crippen molar-refractivity contribution in [1.82, 2.24) is 9.55 Å². The minimum absolute atomic E-state index is 0.0919. The minimum Gasteiger partial charge on any atom is -0.465 e. The number of carbonyl (C=O) groups is 1. The van der Waals surface area contributed by atoms with Gasteiger partial charge in [0.1, 0.15) is 0 Å². The lowest BCUT2D eigenvalue weighted by molar-refractivity contribution is -0.146. The standard InChI is InChI=1S/C19H22N2O4/c22-17-14-8-3-4-9-15(14)20-19(24)21(17)10-5-11-25-18(23)16-12-6-1-2-7-13(12)16/h3-4,8-9,12-13,16H,1-2,5-7,10-11H2,(H,20,24)/t12-,13+,16?. The zero-order valence-corrected chi connectivity index (χ0v) is 14.1. The highest BCUT2D eigenvalue weighted by atomic mass is 16.5. The minimum atomic E-state index is -0.428. The normalized spacial score (nSPS) is 24.7. The highest BCUT2D eigenvalue weighted by Gasteiger charge is 2.55. The number of hydrogen-bond donors (Lipinski definition) is 1. The number of para-hydroxylation sites is 1. The first-order chi connectivity index (χ1) is 12.2. The van der Waals surface area contributed by atoms with Gasteiger partial charge in [0.25, 0.3) is 5.56 Å². The SMILES string of the molecule is O=C(OCCCn1c(=O)[nH]c2ccccc2c1=O)C1[C@H]2CCCC[C@@H]12. The van der Waals surface area contributed by atoms with E-state index in [1.807, 2.05) is 0 Å². The van der Waals surface area contributed by atoms with Crippen LogP contribution in [0.2, 0.25) is 0 Å². The van der Waals surface area contributed by atoms with Crippen molar-refractivity contribution in [3.05, 3.63) is 45.1 Å². The number of ether oxygens (including phenoxy) is 1. The van der Waals surface area contributed by atoms with Crippen LogP contribution in [0.3, 0.4) is 0 Å². The van der Waals surface area contributed by atoms with Crippen LogP contribution in [0.4, 0.5) is 0 Å². The fraction of sp³-hybridized carbons (Fsp3) is 0.526. The third-order valence-electron chi connectivity index (χ3n) is 5.59. The summed E-state index contributed by atoms with van der Waals surface area (Å²) in [5.74, 6) is 1.06. The lowest BCUT2D eigenvalue weighted by atomic mass is 10.0. The van der Waals surface area contributed by atoms with E-state index in [4.69, 9.17) is 4.74 Å². The number of carbonyl (C=O) groups excluding carboxylic acids is 1. The molecule has 1 aromatic heterocycles. The van der Waals surface area contributed by atoms with Crippen LogP contribution in [0.25, 0.3) is 10.9 Å². The van der Waals surface area contributed by atoms with Gasteiger partial charge >= 0.3 is 11.7 Å². The van der Waals surface area contributed by atoms with Crippen LogP contribution in [0.15, 0.2) is 33.9 Å². The molecule has 2 saturated carbocycles. The van der Waals surface area contributed by atoms with Gasteiger partial charge in [-0.15, -0.1) is 0 Å². The van der Waals surface area contributed by atoms with E-state index in [-0.39, 0.29) is 30.6 Å². The van der Waals surface area contributed by atoms with E-state index < -0.39 is 5.69 Å². The molecular formula is C19H22N2O4. The van der Waals surface area contributed by atoms with Crippen LogP contribution in [-0.2, 0) is 16.1 Å². The summed E-state index contributed by atoms with van der Waals surface area (Å²) < 4.78 is 6.55. The Hall–Kier alpha value is -2.37. The fourth-order valence-corrected chi connectivity index (χ4v) is 4.24. The first-order valence-corrected chi connectivity index (χ1v) is 9.05. The van der Waals surface area contributed by atoms with Gasteiger partial charge in [-0.1, -0.05) is 25.0 Å². The molecule has 2 aliphatic rings. The number of esters is 1. The second-order valence-corrected chi connectivity index (χ2v) is 7.09. The van der Waals surface area contributed by atoms with Crippen molar-refractivity contribution in [2.45, 2.75) is 38.6 Å². The molecular weight excluding hydrogens is 320 g/mol. The molecule has 4 rings (SSSR count). The van der Waals surface area contributed by atoms with Crippen molar-refractivity contribution in [2.75, 3.05) is 6.61 Å². The van der Waals surface area contributed by atoms with E-state index in [1.165, 1.54) is 17.4 Å². The molecule has 0 amide bonds. The Morgan fingerprint density at radius 2 is 1.88 bits per heavy atom. The Labute approximate surface area is 144 Å². The molecule has 25 heavy (non-hydrogen) atoms. The van der Waals surface area contributed by atoms with Gasteiger partial charge in [-0.05, 0) is 43.2 Å². The molecule has 1 heterocycles. The summed E-state index contributed by atoms with van der Waals surface area (Å²) in [5.41, 5.74) is -0.196. The molecule has 2 aliphatic carbocycles. The van der Waals surface area contributed by atoms with Crippen molar-refractivity contribution in [3.63, 3.8) is 0 Å². The van der Waals surface area contributed by atoms with Gasteiger partial charge in [0, 0.05) is 6.54 Å². The van der Waals surface area contributed by atoms with Crippen molar-refractivity contribution < 1.29 is 9.53 Å². The molecule has 2 fully saturated rings. The molecule has 2 aromatic rings. The molecule has 3 atom stereocenters. The molecule has 1 aromatic carbocycles. The molecule has 0 spiro atoms. The zero-order valence-electron chi connectivity index (χ0n) is 14.1. The third-order valence-corrected chi connectivity index (χ3v) is 5.59. The number of aromatic nitrogens is 2. The fourth-order valence-electron chi connectivity index (χ4n) is 4.24. The summed E-state index contributed by atoms with van der Waals surface area (Å²) in [6.45, 7) is 0.483. The topological polar surface area (TPSA) is 81.2 Å². The Morgan fingerprint density at radius 1 is 1.16 bits per heavy atom. The number of aromatic amines is 1. The van der Waals surface area contributed by atoms with Crippen molar-refractivity contribution in [1.29, 1.82) is 0 Å². The van der Waals surface area contributed by atoms with E-state index >= 15 is 0 Å². The smallest absolute Gasteiger partial charge is 0.328 e. The maximum Gasteiger partial charge on any atom is 0.328 e. The maximum atomic E-state index is 12.4. The van der Waals surface area contributed by atoms with Crippen LogP contribution >= 0.6 is 0 Å². The average molecular weight is 342 g/mol. The van der Waals surface area contributed by atoms with Crippen LogP contribution < -0.4 is 11.2 Å². The number of H-pyrrole nitrogens is 1. The summed E-state index contributed by atoms with van der Waals surface area (Å²) in [6, 6.07) is 6.94. The van der Waals surface area contributed by atoms with Gasteiger partial charge in [0.2, 0.25) is 0 Å². The third kappa shape index (κ3) is 3.01. The summed E-state index contributed by atoms with van der Waals surface area (Å²) in [6.07, 6.45) is 5.19.